The van der Waals surface area contributed by atoms with Gasteiger partial charge in [-0.1, -0.05) is 38.4 Å². The fraction of sp³-hybridized carbons (Fsp3) is 0.353. The van der Waals surface area contributed by atoms with Gasteiger partial charge in [0.2, 0.25) is 0 Å². The first-order valence-electron chi connectivity index (χ1n) is 6.83. The van der Waals surface area contributed by atoms with Crippen molar-refractivity contribution in [3.05, 3.63) is 34.9 Å². The second-order valence-corrected chi connectivity index (χ2v) is 10.9. The Morgan fingerprint density at radius 2 is 2.00 bits per heavy atom. The molecule has 110 valence electrons. The van der Waals surface area contributed by atoms with E-state index in [1.165, 1.54) is 6.92 Å². The Morgan fingerprint density at radius 1 is 1.29 bits per heavy atom. The van der Waals surface area contributed by atoms with Gasteiger partial charge in [0, 0.05) is 23.3 Å². The van der Waals surface area contributed by atoms with Gasteiger partial charge in [-0.3, -0.25) is 4.79 Å². The van der Waals surface area contributed by atoms with Gasteiger partial charge in [-0.15, -0.1) is 5.54 Å². The van der Waals surface area contributed by atoms with Crippen LogP contribution in [0.25, 0.3) is 0 Å². The number of rotatable bonds is 2. The normalized spacial score (nSPS) is 9.95. The van der Waals surface area contributed by atoms with Crippen molar-refractivity contribution in [2.24, 2.45) is 0 Å². The van der Waals surface area contributed by atoms with E-state index < -0.39 is 8.07 Å². The Labute approximate surface area is 132 Å². The minimum atomic E-state index is -1.36. The highest BCUT2D eigenvalue weighted by Gasteiger charge is 2.07. The number of carbonyl (C=O) groups excluding carboxylic acids is 1. The molecule has 0 N–H and O–H groups in total. The summed E-state index contributed by atoms with van der Waals surface area (Å²) >= 11 is 0.860. The predicted molar refractivity (Wildman–Crippen MR) is 92.3 cm³/mol. The quantitative estimate of drug-likeness (QED) is 0.469. The molecular formula is C17H20O2SSi. The largest absolute Gasteiger partial charge is 0.378 e. The number of hydrogen-bond acceptors (Lipinski definition) is 3. The van der Waals surface area contributed by atoms with Crippen molar-refractivity contribution in [2.45, 2.75) is 39.9 Å². The van der Waals surface area contributed by atoms with Gasteiger partial charge in [0.1, 0.15) is 20.1 Å². The van der Waals surface area contributed by atoms with E-state index in [-0.39, 0.29) is 5.97 Å². The van der Waals surface area contributed by atoms with Crippen LogP contribution in [0.5, 0.6) is 0 Å². The maximum atomic E-state index is 10.7. The fourth-order valence-electron chi connectivity index (χ4n) is 1.50. The summed E-state index contributed by atoms with van der Waals surface area (Å²) in [7, 11) is -1.36. The standard InChI is InChI=1S/C17H20O2SSi/c1-6-16-13-15(10-12-21(3,4)5)7-8-17(16)9-11-20-19-14(2)18/h7-8,13H,6H2,1-5H3. The van der Waals surface area contributed by atoms with Crippen LogP contribution in [0.4, 0.5) is 0 Å². The molecule has 0 saturated heterocycles. The summed E-state index contributed by atoms with van der Waals surface area (Å²) in [6, 6.07) is 6.06. The summed E-state index contributed by atoms with van der Waals surface area (Å²) < 4.78 is 4.72. The molecule has 0 unspecified atom stereocenters. The van der Waals surface area contributed by atoms with E-state index in [1.54, 1.807) is 0 Å². The second-order valence-electron chi connectivity index (χ2n) is 5.61. The first kappa shape index (κ1) is 17.4. The topological polar surface area (TPSA) is 26.3 Å². The van der Waals surface area contributed by atoms with Crippen LogP contribution in [0.1, 0.15) is 30.5 Å². The third-order valence-corrected chi connectivity index (χ3v) is 3.83. The Balaban J connectivity index is 2.93. The van der Waals surface area contributed by atoms with E-state index in [9.17, 15) is 4.79 Å². The Hall–Kier alpha value is -1.62. The third-order valence-electron chi connectivity index (χ3n) is 2.45. The molecule has 0 heterocycles. The number of aryl methyl sites for hydroxylation is 1. The van der Waals surface area contributed by atoms with Crippen LogP contribution in [0.3, 0.4) is 0 Å². The molecule has 0 saturated carbocycles. The summed E-state index contributed by atoms with van der Waals surface area (Å²) in [6.45, 7) is 10.1. The maximum absolute atomic E-state index is 10.7. The molecule has 0 fully saturated rings. The predicted octanol–water partition coefficient (Wildman–Crippen LogP) is 4.00. The zero-order valence-electron chi connectivity index (χ0n) is 13.2. The van der Waals surface area contributed by atoms with Crippen LogP contribution >= 0.6 is 12.0 Å². The molecule has 1 rings (SSSR count). The Morgan fingerprint density at radius 3 is 2.57 bits per heavy atom. The van der Waals surface area contributed by atoms with Crippen molar-refractivity contribution in [2.75, 3.05) is 0 Å². The molecule has 0 aliphatic carbocycles. The number of hydrogen-bond donors (Lipinski definition) is 0. The van der Waals surface area contributed by atoms with Crippen molar-refractivity contribution in [1.82, 2.24) is 0 Å². The maximum Gasteiger partial charge on any atom is 0.315 e. The van der Waals surface area contributed by atoms with E-state index in [4.69, 9.17) is 4.18 Å². The summed E-state index contributed by atoms with van der Waals surface area (Å²) in [4.78, 5) is 10.7. The summed E-state index contributed by atoms with van der Waals surface area (Å²) in [6.07, 6.45) is 0.894. The van der Waals surface area contributed by atoms with Gasteiger partial charge in [0.15, 0.2) is 0 Å². The molecule has 0 amide bonds. The monoisotopic (exact) mass is 316 g/mol. The minimum Gasteiger partial charge on any atom is -0.378 e. The Bertz CT molecular complexity index is 637. The zero-order chi connectivity index (χ0) is 15.9. The van der Waals surface area contributed by atoms with Gasteiger partial charge in [-0.25, -0.2) is 0 Å². The summed E-state index contributed by atoms with van der Waals surface area (Å²) in [5, 5.41) is 2.78. The lowest BCUT2D eigenvalue weighted by Gasteiger charge is -2.05. The lowest BCUT2D eigenvalue weighted by molar-refractivity contribution is -0.130. The van der Waals surface area contributed by atoms with Crippen LogP contribution in [0.2, 0.25) is 19.6 Å². The highest BCUT2D eigenvalue weighted by atomic mass is 32.2. The molecule has 0 aliphatic rings. The second kappa shape index (κ2) is 7.98. The van der Waals surface area contributed by atoms with E-state index in [2.05, 4.69) is 55.3 Å². The molecule has 0 aromatic heterocycles. The molecular weight excluding hydrogens is 296 g/mol. The van der Waals surface area contributed by atoms with E-state index in [0.717, 1.165) is 35.2 Å². The van der Waals surface area contributed by atoms with Crippen molar-refractivity contribution in [3.63, 3.8) is 0 Å². The van der Waals surface area contributed by atoms with Crippen LogP contribution in [-0.2, 0) is 15.4 Å². The molecule has 0 radical (unpaired) electrons. The fourth-order valence-corrected chi connectivity index (χ4v) is 2.33. The van der Waals surface area contributed by atoms with Crippen molar-refractivity contribution < 1.29 is 8.98 Å². The van der Waals surface area contributed by atoms with E-state index >= 15 is 0 Å². The smallest absolute Gasteiger partial charge is 0.315 e. The van der Waals surface area contributed by atoms with Crippen molar-refractivity contribution in [1.29, 1.82) is 0 Å². The Kier molecular flexibility index (Phi) is 6.62. The van der Waals surface area contributed by atoms with Crippen LogP contribution in [0, 0.1) is 22.6 Å². The van der Waals surface area contributed by atoms with Crippen LogP contribution in [-0.4, -0.2) is 14.0 Å². The average molecular weight is 316 g/mol. The average Bonchev–Trinajstić information content (AvgIpc) is 2.40. The first-order chi connectivity index (χ1) is 9.81. The molecule has 1 aromatic rings. The van der Waals surface area contributed by atoms with Gasteiger partial charge >= 0.3 is 5.97 Å². The van der Waals surface area contributed by atoms with E-state index in [0.29, 0.717) is 0 Å². The molecule has 21 heavy (non-hydrogen) atoms. The van der Waals surface area contributed by atoms with Gasteiger partial charge in [-0.05, 0) is 30.2 Å². The van der Waals surface area contributed by atoms with Gasteiger partial charge in [0.25, 0.3) is 0 Å². The van der Waals surface area contributed by atoms with Gasteiger partial charge in [-0.2, -0.15) is 0 Å². The minimum absolute atomic E-state index is 0.345. The van der Waals surface area contributed by atoms with Crippen molar-refractivity contribution in [3.8, 4) is 22.6 Å². The molecule has 2 nitrogen and oxygen atoms in total. The lowest BCUT2D eigenvalue weighted by Crippen LogP contribution is -2.16. The summed E-state index contributed by atoms with van der Waals surface area (Å²) in [5.41, 5.74) is 6.51. The van der Waals surface area contributed by atoms with E-state index in [1.807, 2.05) is 12.1 Å². The molecule has 0 aliphatic heterocycles. The van der Waals surface area contributed by atoms with Crippen LogP contribution in [0.15, 0.2) is 18.2 Å². The highest BCUT2D eigenvalue weighted by molar-refractivity contribution is 7.99. The molecule has 0 atom stereocenters. The first-order valence-corrected chi connectivity index (χ1v) is 11.1. The molecule has 4 heteroatoms. The molecule has 0 bridgehead atoms. The molecule has 0 spiro atoms. The number of benzene rings is 1. The summed E-state index contributed by atoms with van der Waals surface area (Å²) in [5.74, 6) is 5.93. The van der Waals surface area contributed by atoms with Gasteiger partial charge < -0.3 is 4.18 Å². The third kappa shape index (κ3) is 7.08. The lowest BCUT2D eigenvalue weighted by atomic mass is 10.0. The number of carbonyl (C=O) groups is 1. The molecule has 1 aromatic carbocycles. The SMILES string of the molecule is CCc1cc(C#C[Si](C)(C)C)ccc1C#CSOC(C)=O. The van der Waals surface area contributed by atoms with Crippen LogP contribution < -0.4 is 0 Å². The van der Waals surface area contributed by atoms with Gasteiger partial charge in [0.05, 0.1) is 0 Å². The highest BCUT2D eigenvalue weighted by Crippen LogP contribution is 2.13. The zero-order valence-corrected chi connectivity index (χ0v) is 15.0. The van der Waals surface area contributed by atoms with Crippen molar-refractivity contribution >= 4 is 26.1 Å².